The molecule has 0 bridgehead atoms. The van der Waals surface area contributed by atoms with Gasteiger partial charge in [0, 0.05) is 12.4 Å². The predicted molar refractivity (Wildman–Crippen MR) is 64.9 cm³/mol. The Labute approximate surface area is 104 Å². The van der Waals surface area contributed by atoms with E-state index in [-0.39, 0.29) is 17.9 Å². The van der Waals surface area contributed by atoms with Crippen molar-refractivity contribution >= 4 is 21.5 Å². The first-order valence-corrected chi connectivity index (χ1v) is 7.13. The summed E-state index contributed by atoms with van der Waals surface area (Å²) in [5.41, 5.74) is 1.09. The highest BCUT2D eigenvalue weighted by atomic mass is 32.2. The van der Waals surface area contributed by atoms with Crippen molar-refractivity contribution in [3.05, 3.63) is 36.3 Å². The molecule has 7 heteroatoms. The summed E-state index contributed by atoms with van der Waals surface area (Å²) in [7, 11) is -3.43. The van der Waals surface area contributed by atoms with Crippen LogP contribution in [0.15, 0.2) is 30.6 Å². The SMILES string of the molecule is O=C(O)CCS(=O)(=O)Cc1cn2ccccc2n1. The summed E-state index contributed by atoms with van der Waals surface area (Å²) in [5, 5.41) is 8.47. The fraction of sp³-hybridized carbons (Fsp3) is 0.273. The maximum Gasteiger partial charge on any atom is 0.304 e. The van der Waals surface area contributed by atoms with Gasteiger partial charge in [-0.25, -0.2) is 13.4 Å². The second-order valence-corrected chi connectivity index (χ2v) is 6.12. The summed E-state index contributed by atoms with van der Waals surface area (Å²) in [6.07, 6.45) is 3.03. The van der Waals surface area contributed by atoms with E-state index in [9.17, 15) is 13.2 Å². The minimum atomic E-state index is -3.43. The Kier molecular flexibility index (Phi) is 3.33. The fourth-order valence-electron chi connectivity index (χ4n) is 1.60. The number of aliphatic carboxylic acids is 1. The summed E-state index contributed by atoms with van der Waals surface area (Å²) in [6, 6.07) is 5.40. The van der Waals surface area contributed by atoms with E-state index in [4.69, 9.17) is 5.11 Å². The molecule has 6 nitrogen and oxygen atoms in total. The molecule has 0 unspecified atom stereocenters. The molecule has 0 aliphatic rings. The van der Waals surface area contributed by atoms with Crippen molar-refractivity contribution < 1.29 is 18.3 Å². The molecule has 96 valence electrons. The summed E-state index contributed by atoms with van der Waals surface area (Å²) in [6.45, 7) is 0. The van der Waals surface area contributed by atoms with E-state index in [1.807, 2.05) is 12.1 Å². The van der Waals surface area contributed by atoms with Crippen LogP contribution in [-0.4, -0.2) is 34.6 Å². The number of fused-ring (bicyclic) bond motifs is 1. The van der Waals surface area contributed by atoms with Gasteiger partial charge in [0.25, 0.3) is 0 Å². The zero-order chi connectivity index (χ0) is 13.2. The van der Waals surface area contributed by atoms with Crippen LogP contribution in [0.25, 0.3) is 5.65 Å². The minimum absolute atomic E-state index is 0.234. The normalized spacial score (nSPS) is 11.8. The number of sulfone groups is 1. The van der Waals surface area contributed by atoms with E-state index < -0.39 is 15.8 Å². The van der Waals surface area contributed by atoms with Crippen LogP contribution in [0.2, 0.25) is 0 Å². The maximum absolute atomic E-state index is 11.7. The number of carboxylic acid groups (broad SMARTS) is 1. The lowest BCUT2D eigenvalue weighted by molar-refractivity contribution is -0.136. The van der Waals surface area contributed by atoms with Crippen LogP contribution < -0.4 is 0 Å². The largest absolute Gasteiger partial charge is 0.481 e. The molecule has 1 N–H and O–H groups in total. The van der Waals surface area contributed by atoms with Gasteiger partial charge in [-0.2, -0.15) is 0 Å². The molecule has 0 fully saturated rings. The first-order valence-electron chi connectivity index (χ1n) is 5.31. The Hall–Kier alpha value is -1.89. The highest BCUT2D eigenvalue weighted by Crippen LogP contribution is 2.09. The van der Waals surface area contributed by atoms with Crippen molar-refractivity contribution in [3.8, 4) is 0 Å². The Bertz CT molecular complexity index is 642. The molecule has 0 atom stereocenters. The molecule has 2 heterocycles. The number of pyridine rings is 1. The van der Waals surface area contributed by atoms with E-state index in [1.54, 1.807) is 22.9 Å². The number of imidazole rings is 1. The lowest BCUT2D eigenvalue weighted by Gasteiger charge is -1.99. The van der Waals surface area contributed by atoms with E-state index in [0.717, 1.165) is 0 Å². The molecule has 0 spiro atoms. The zero-order valence-electron chi connectivity index (χ0n) is 9.48. The highest BCUT2D eigenvalue weighted by Gasteiger charge is 2.16. The van der Waals surface area contributed by atoms with Crippen molar-refractivity contribution in [2.45, 2.75) is 12.2 Å². The van der Waals surface area contributed by atoms with Gasteiger partial charge >= 0.3 is 5.97 Å². The Morgan fingerprint density at radius 1 is 1.39 bits per heavy atom. The van der Waals surface area contributed by atoms with Crippen molar-refractivity contribution in [1.82, 2.24) is 9.38 Å². The molecular formula is C11H12N2O4S. The molecule has 0 aliphatic carbocycles. The standard InChI is InChI=1S/C11H12N2O4S/c14-11(15)4-6-18(16,17)8-9-7-13-5-2-1-3-10(13)12-9/h1-3,5,7H,4,6,8H2,(H,14,15). The van der Waals surface area contributed by atoms with Crippen LogP contribution >= 0.6 is 0 Å². The van der Waals surface area contributed by atoms with Gasteiger partial charge in [0.1, 0.15) is 5.65 Å². The maximum atomic E-state index is 11.7. The topological polar surface area (TPSA) is 88.7 Å². The summed E-state index contributed by atoms with van der Waals surface area (Å²) in [4.78, 5) is 14.5. The highest BCUT2D eigenvalue weighted by molar-refractivity contribution is 7.90. The molecular weight excluding hydrogens is 256 g/mol. The van der Waals surface area contributed by atoms with Gasteiger partial charge in [-0.05, 0) is 12.1 Å². The minimum Gasteiger partial charge on any atom is -0.481 e. The molecule has 2 rings (SSSR count). The van der Waals surface area contributed by atoms with Crippen LogP contribution in [0.3, 0.4) is 0 Å². The number of hydrogen-bond acceptors (Lipinski definition) is 4. The van der Waals surface area contributed by atoms with Crippen LogP contribution in [-0.2, 0) is 20.4 Å². The van der Waals surface area contributed by atoms with E-state index >= 15 is 0 Å². The number of carboxylic acids is 1. The van der Waals surface area contributed by atoms with Gasteiger partial charge in [0.05, 0.1) is 23.6 Å². The molecule has 18 heavy (non-hydrogen) atoms. The first kappa shape index (κ1) is 12.6. The quantitative estimate of drug-likeness (QED) is 0.863. The van der Waals surface area contributed by atoms with Crippen molar-refractivity contribution in [1.29, 1.82) is 0 Å². The van der Waals surface area contributed by atoms with Crippen LogP contribution in [0.5, 0.6) is 0 Å². The van der Waals surface area contributed by atoms with Gasteiger partial charge in [0.15, 0.2) is 9.84 Å². The van der Waals surface area contributed by atoms with E-state index in [2.05, 4.69) is 4.98 Å². The summed E-state index contributed by atoms with van der Waals surface area (Å²) >= 11 is 0. The average Bonchev–Trinajstić information content (AvgIpc) is 2.67. The molecule has 2 aromatic heterocycles. The molecule has 2 aromatic rings. The van der Waals surface area contributed by atoms with E-state index in [1.165, 1.54) is 0 Å². The first-order chi connectivity index (χ1) is 8.46. The van der Waals surface area contributed by atoms with Crippen molar-refractivity contribution in [3.63, 3.8) is 0 Å². The van der Waals surface area contributed by atoms with Gasteiger partial charge in [-0.3, -0.25) is 4.79 Å². The number of rotatable bonds is 5. The summed E-state index contributed by atoms with van der Waals surface area (Å²) < 4.78 is 25.1. The third-order valence-corrected chi connectivity index (χ3v) is 3.97. The molecule has 0 aliphatic heterocycles. The van der Waals surface area contributed by atoms with Gasteiger partial charge < -0.3 is 9.51 Å². The Morgan fingerprint density at radius 3 is 2.83 bits per heavy atom. The Balaban J connectivity index is 2.15. The molecule has 0 saturated heterocycles. The van der Waals surface area contributed by atoms with Gasteiger partial charge in [-0.1, -0.05) is 6.07 Å². The predicted octanol–water partition coefficient (Wildman–Crippen LogP) is 0.724. The molecule has 0 aromatic carbocycles. The van der Waals surface area contributed by atoms with Crippen LogP contribution in [0, 0.1) is 0 Å². The zero-order valence-corrected chi connectivity index (χ0v) is 10.3. The van der Waals surface area contributed by atoms with Crippen LogP contribution in [0.4, 0.5) is 0 Å². The number of aromatic nitrogens is 2. The number of hydrogen-bond donors (Lipinski definition) is 1. The lowest BCUT2D eigenvalue weighted by atomic mass is 10.5. The third kappa shape index (κ3) is 3.07. The fourth-order valence-corrected chi connectivity index (χ4v) is 2.82. The van der Waals surface area contributed by atoms with Crippen LogP contribution in [0.1, 0.15) is 12.1 Å². The third-order valence-electron chi connectivity index (χ3n) is 2.41. The average molecular weight is 268 g/mol. The molecule has 0 amide bonds. The smallest absolute Gasteiger partial charge is 0.304 e. The molecule has 0 radical (unpaired) electrons. The number of nitrogens with zero attached hydrogens (tertiary/aromatic N) is 2. The summed E-state index contributed by atoms with van der Waals surface area (Å²) in [5.74, 6) is -1.72. The second kappa shape index (κ2) is 4.77. The second-order valence-electron chi connectivity index (χ2n) is 3.93. The van der Waals surface area contributed by atoms with Gasteiger partial charge in [0.2, 0.25) is 0 Å². The molecule has 0 saturated carbocycles. The van der Waals surface area contributed by atoms with Gasteiger partial charge in [-0.15, -0.1) is 0 Å². The van der Waals surface area contributed by atoms with E-state index in [0.29, 0.717) is 11.3 Å². The lowest BCUT2D eigenvalue weighted by Crippen LogP contribution is -2.13. The monoisotopic (exact) mass is 268 g/mol. The Morgan fingerprint density at radius 2 is 2.17 bits per heavy atom. The number of carbonyl (C=O) groups is 1. The van der Waals surface area contributed by atoms with Crippen molar-refractivity contribution in [2.24, 2.45) is 0 Å². The van der Waals surface area contributed by atoms with Crippen molar-refractivity contribution in [2.75, 3.05) is 5.75 Å².